The fraction of sp³-hybridized carbons (Fsp3) is 0.250. The number of nitriles is 1. The fourth-order valence-electron chi connectivity index (χ4n) is 3.19. The van der Waals surface area contributed by atoms with Crippen molar-refractivity contribution in [2.45, 2.75) is 20.3 Å². The quantitative estimate of drug-likeness (QED) is 0.306. The van der Waals surface area contributed by atoms with Gasteiger partial charge in [0.2, 0.25) is 11.9 Å². The summed E-state index contributed by atoms with van der Waals surface area (Å²) in [5.41, 5.74) is 8.06. The van der Waals surface area contributed by atoms with Gasteiger partial charge in [-0.1, -0.05) is 19.1 Å². The molecule has 0 aliphatic carbocycles. The molecule has 0 saturated heterocycles. The van der Waals surface area contributed by atoms with Crippen LogP contribution in [-0.4, -0.2) is 46.5 Å². The Morgan fingerprint density at radius 3 is 2.38 bits per heavy atom. The zero-order chi connectivity index (χ0) is 24.5. The second kappa shape index (κ2) is 11.4. The van der Waals surface area contributed by atoms with Crippen LogP contribution in [0.15, 0.2) is 42.6 Å². The minimum absolute atomic E-state index is 0.219. The number of aryl methyl sites for hydroxylation is 1. The topological polar surface area (TPSA) is 156 Å². The number of benzene rings is 1. The molecule has 0 unspecified atom stereocenters. The van der Waals surface area contributed by atoms with Crippen LogP contribution < -0.4 is 16.4 Å². The van der Waals surface area contributed by atoms with Gasteiger partial charge in [0.15, 0.2) is 0 Å². The highest BCUT2D eigenvalue weighted by atomic mass is 16.5. The number of ether oxygens (including phenoxy) is 1. The van der Waals surface area contributed by atoms with E-state index in [-0.39, 0.29) is 6.61 Å². The number of hydrogen-bond donors (Lipinski definition) is 3. The standard InChI is InChI=1S/C24H25N7O3/c1-3-18-20(23(33)34-4-2)21(16-6-8-17(9-7-16)22(26)32)31-24(30-18)28-12-11-27-19-10-5-15(13-25)14-29-19/h5-10,14H,3-4,11-12H2,1-2H3,(H2,26,32)(H,27,29)(H,28,30,31). The third-order valence-electron chi connectivity index (χ3n) is 4.85. The lowest BCUT2D eigenvalue weighted by molar-refractivity contribution is 0.0525. The molecule has 0 aliphatic rings. The Labute approximate surface area is 197 Å². The number of nitrogens with two attached hydrogens (primary N) is 1. The van der Waals surface area contributed by atoms with Crippen molar-refractivity contribution in [3.05, 3.63) is 65.0 Å². The van der Waals surface area contributed by atoms with Crippen LogP contribution in [0.4, 0.5) is 11.8 Å². The molecule has 1 amide bonds. The van der Waals surface area contributed by atoms with E-state index >= 15 is 0 Å². The lowest BCUT2D eigenvalue weighted by Gasteiger charge is -2.15. The van der Waals surface area contributed by atoms with Gasteiger partial charge in [-0.05, 0) is 37.6 Å². The number of nitrogens with one attached hydrogen (secondary N) is 2. The van der Waals surface area contributed by atoms with Gasteiger partial charge in [0.25, 0.3) is 0 Å². The molecule has 3 rings (SSSR count). The van der Waals surface area contributed by atoms with E-state index in [4.69, 9.17) is 15.7 Å². The number of amides is 1. The van der Waals surface area contributed by atoms with Crippen molar-refractivity contribution in [2.24, 2.45) is 5.73 Å². The first kappa shape index (κ1) is 24.1. The van der Waals surface area contributed by atoms with Gasteiger partial charge in [0.05, 0.1) is 23.6 Å². The van der Waals surface area contributed by atoms with Crippen LogP contribution in [0.3, 0.4) is 0 Å². The molecule has 0 saturated carbocycles. The molecule has 3 aromatic rings. The maximum absolute atomic E-state index is 12.7. The van der Waals surface area contributed by atoms with Crippen molar-refractivity contribution in [3.8, 4) is 17.3 Å². The summed E-state index contributed by atoms with van der Waals surface area (Å²) in [5.74, 6) is -0.0496. The van der Waals surface area contributed by atoms with E-state index in [1.165, 1.54) is 6.20 Å². The maximum atomic E-state index is 12.7. The van der Waals surface area contributed by atoms with Gasteiger partial charge in [-0.15, -0.1) is 0 Å². The highest BCUT2D eigenvalue weighted by Crippen LogP contribution is 2.27. The van der Waals surface area contributed by atoms with Crippen LogP contribution in [0.5, 0.6) is 0 Å². The predicted molar refractivity (Wildman–Crippen MR) is 127 cm³/mol. The van der Waals surface area contributed by atoms with Crippen molar-refractivity contribution in [2.75, 3.05) is 30.3 Å². The van der Waals surface area contributed by atoms with Gasteiger partial charge < -0.3 is 21.1 Å². The number of primary amides is 1. The Balaban J connectivity index is 1.84. The molecule has 4 N–H and O–H groups in total. The van der Waals surface area contributed by atoms with Gasteiger partial charge in [0.1, 0.15) is 17.5 Å². The number of anilines is 2. The monoisotopic (exact) mass is 459 g/mol. The molecule has 0 atom stereocenters. The summed E-state index contributed by atoms with van der Waals surface area (Å²) in [5, 5.41) is 15.2. The molecule has 10 heteroatoms. The van der Waals surface area contributed by atoms with Crippen molar-refractivity contribution in [3.63, 3.8) is 0 Å². The molecule has 174 valence electrons. The first-order chi connectivity index (χ1) is 16.5. The van der Waals surface area contributed by atoms with Gasteiger partial charge in [-0.3, -0.25) is 4.79 Å². The molecule has 0 fully saturated rings. The summed E-state index contributed by atoms with van der Waals surface area (Å²) in [6.07, 6.45) is 1.99. The molecule has 34 heavy (non-hydrogen) atoms. The average molecular weight is 460 g/mol. The van der Waals surface area contributed by atoms with E-state index < -0.39 is 11.9 Å². The van der Waals surface area contributed by atoms with E-state index in [2.05, 4.69) is 25.6 Å². The number of pyridine rings is 1. The van der Waals surface area contributed by atoms with Gasteiger partial charge >= 0.3 is 5.97 Å². The Hall–Kier alpha value is -4.52. The Morgan fingerprint density at radius 1 is 1.06 bits per heavy atom. The zero-order valence-corrected chi connectivity index (χ0v) is 19.0. The second-order valence-electron chi connectivity index (χ2n) is 7.13. The molecule has 2 aromatic heterocycles. The van der Waals surface area contributed by atoms with E-state index in [1.807, 2.05) is 13.0 Å². The minimum Gasteiger partial charge on any atom is -0.462 e. The third-order valence-corrected chi connectivity index (χ3v) is 4.85. The molecular weight excluding hydrogens is 434 g/mol. The van der Waals surface area contributed by atoms with Crippen molar-refractivity contribution >= 4 is 23.6 Å². The maximum Gasteiger partial charge on any atom is 0.342 e. The molecule has 2 heterocycles. The summed E-state index contributed by atoms with van der Waals surface area (Å²) in [7, 11) is 0. The summed E-state index contributed by atoms with van der Waals surface area (Å²) < 4.78 is 5.25. The average Bonchev–Trinajstić information content (AvgIpc) is 2.86. The van der Waals surface area contributed by atoms with Gasteiger partial charge in [-0.2, -0.15) is 5.26 Å². The number of aromatic nitrogens is 3. The lowest BCUT2D eigenvalue weighted by atomic mass is 10.0. The third kappa shape index (κ3) is 5.83. The first-order valence-corrected chi connectivity index (χ1v) is 10.8. The largest absolute Gasteiger partial charge is 0.462 e. The van der Waals surface area contributed by atoms with Crippen LogP contribution in [0.25, 0.3) is 11.3 Å². The van der Waals surface area contributed by atoms with Crippen molar-refractivity contribution in [1.82, 2.24) is 15.0 Å². The molecule has 0 bridgehead atoms. The van der Waals surface area contributed by atoms with Gasteiger partial charge in [0, 0.05) is 30.4 Å². The highest BCUT2D eigenvalue weighted by molar-refractivity contribution is 5.98. The lowest BCUT2D eigenvalue weighted by Crippen LogP contribution is -2.19. The van der Waals surface area contributed by atoms with Crippen LogP contribution in [-0.2, 0) is 11.2 Å². The van der Waals surface area contributed by atoms with Crippen LogP contribution >= 0.6 is 0 Å². The molecule has 0 spiro atoms. The highest BCUT2D eigenvalue weighted by Gasteiger charge is 2.22. The Kier molecular flexibility index (Phi) is 8.07. The molecular formula is C24H25N7O3. The zero-order valence-electron chi connectivity index (χ0n) is 19.0. The number of rotatable bonds is 10. The molecule has 1 aromatic carbocycles. The predicted octanol–water partition coefficient (Wildman–Crippen LogP) is 2.77. The van der Waals surface area contributed by atoms with E-state index in [0.29, 0.717) is 64.9 Å². The van der Waals surface area contributed by atoms with E-state index in [9.17, 15) is 9.59 Å². The Morgan fingerprint density at radius 2 is 1.79 bits per heavy atom. The first-order valence-electron chi connectivity index (χ1n) is 10.8. The van der Waals surface area contributed by atoms with Gasteiger partial charge in [-0.25, -0.2) is 19.7 Å². The molecule has 10 nitrogen and oxygen atoms in total. The molecule has 0 aliphatic heterocycles. The SMILES string of the molecule is CCOC(=O)c1c(CC)nc(NCCNc2ccc(C#N)cn2)nc1-c1ccc(C(N)=O)cc1. The fourth-order valence-corrected chi connectivity index (χ4v) is 3.19. The number of hydrogen-bond acceptors (Lipinski definition) is 9. The van der Waals surface area contributed by atoms with Crippen molar-refractivity contribution in [1.29, 1.82) is 5.26 Å². The smallest absolute Gasteiger partial charge is 0.342 e. The number of carbonyl (C=O) groups is 2. The number of nitrogens with zero attached hydrogens (tertiary/aromatic N) is 4. The minimum atomic E-state index is -0.541. The second-order valence-corrected chi connectivity index (χ2v) is 7.13. The number of carbonyl (C=O) groups excluding carboxylic acids is 2. The summed E-state index contributed by atoms with van der Waals surface area (Å²) in [6.45, 7) is 4.84. The van der Waals surface area contributed by atoms with Crippen LogP contribution in [0, 0.1) is 11.3 Å². The summed E-state index contributed by atoms with van der Waals surface area (Å²) >= 11 is 0. The van der Waals surface area contributed by atoms with Crippen LogP contribution in [0.2, 0.25) is 0 Å². The summed E-state index contributed by atoms with van der Waals surface area (Å²) in [4.78, 5) is 37.4. The number of esters is 1. The van der Waals surface area contributed by atoms with Crippen molar-refractivity contribution < 1.29 is 14.3 Å². The van der Waals surface area contributed by atoms with E-state index in [1.54, 1.807) is 43.3 Å². The Bertz CT molecular complexity index is 1200. The molecule has 0 radical (unpaired) electrons. The van der Waals surface area contributed by atoms with Crippen LogP contribution in [0.1, 0.15) is 45.8 Å². The summed E-state index contributed by atoms with van der Waals surface area (Å²) in [6, 6.07) is 12.0. The normalized spacial score (nSPS) is 10.3. The van der Waals surface area contributed by atoms with E-state index in [0.717, 1.165) is 0 Å².